The lowest BCUT2D eigenvalue weighted by atomic mass is 10.1. The number of ether oxygens (including phenoxy) is 2. The molecular formula is C16H21ClN4O4S. The molecule has 0 aliphatic heterocycles. The number of carbonyl (C=O) groups excluding carboxylic acids is 1. The van der Waals surface area contributed by atoms with Gasteiger partial charge in [0.2, 0.25) is 5.91 Å². The van der Waals surface area contributed by atoms with Crippen molar-refractivity contribution in [2.24, 2.45) is 5.73 Å². The van der Waals surface area contributed by atoms with Crippen molar-refractivity contribution in [3.8, 4) is 22.8 Å². The van der Waals surface area contributed by atoms with Crippen LogP contribution in [0.2, 0.25) is 0 Å². The molecule has 0 aliphatic carbocycles. The molecule has 0 aliphatic rings. The molecule has 0 fully saturated rings. The largest absolute Gasteiger partial charge is 0.497 e. The molecule has 0 saturated carbocycles. The number of benzene rings is 1. The average Bonchev–Trinajstić information content (AvgIpc) is 2.61. The zero-order valence-corrected chi connectivity index (χ0v) is 16.0. The smallest absolute Gasteiger partial charge is 0.252 e. The maximum atomic E-state index is 12.1. The molecular weight excluding hydrogens is 380 g/mol. The summed E-state index contributed by atoms with van der Waals surface area (Å²) in [6.07, 6.45) is 0. The molecule has 2 rings (SSSR count). The normalized spacial score (nSPS) is 9.96. The van der Waals surface area contributed by atoms with Gasteiger partial charge in [-0.15, -0.1) is 12.4 Å². The zero-order valence-electron chi connectivity index (χ0n) is 14.4. The number of rotatable bonds is 7. The molecule has 0 saturated heterocycles. The minimum Gasteiger partial charge on any atom is -0.497 e. The van der Waals surface area contributed by atoms with E-state index >= 15 is 0 Å². The van der Waals surface area contributed by atoms with Crippen LogP contribution >= 0.6 is 24.6 Å². The lowest BCUT2D eigenvalue weighted by Crippen LogP contribution is -2.33. The highest BCUT2D eigenvalue weighted by atomic mass is 35.5. The molecule has 10 heteroatoms. The minimum absolute atomic E-state index is 0. The second-order valence-electron chi connectivity index (χ2n) is 5.11. The fourth-order valence-electron chi connectivity index (χ4n) is 2.32. The molecule has 0 unspecified atom stereocenters. The van der Waals surface area contributed by atoms with Crippen LogP contribution in [0.4, 0.5) is 0 Å². The van der Waals surface area contributed by atoms with Gasteiger partial charge in [-0.2, -0.15) is 0 Å². The molecule has 1 aromatic heterocycles. The third-order valence-corrected chi connectivity index (χ3v) is 3.81. The van der Waals surface area contributed by atoms with E-state index in [0.717, 1.165) is 0 Å². The third-order valence-electron chi connectivity index (χ3n) is 3.49. The van der Waals surface area contributed by atoms with Crippen LogP contribution in [0.15, 0.2) is 29.1 Å². The first-order valence-corrected chi connectivity index (χ1v) is 7.94. The van der Waals surface area contributed by atoms with Gasteiger partial charge in [-0.05, 0) is 24.4 Å². The summed E-state index contributed by atoms with van der Waals surface area (Å²) in [5.74, 6) is 0.842. The number of methoxy groups -OCH3 is 2. The van der Waals surface area contributed by atoms with Crippen LogP contribution in [0.3, 0.4) is 0 Å². The molecule has 2 aromatic rings. The van der Waals surface area contributed by atoms with Gasteiger partial charge in [-0.25, -0.2) is 0 Å². The topological polar surface area (TPSA) is 111 Å². The van der Waals surface area contributed by atoms with E-state index in [9.17, 15) is 9.59 Å². The van der Waals surface area contributed by atoms with Gasteiger partial charge >= 0.3 is 0 Å². The first kappa shape index (κ1) is 21.7. The highest BCUT2D eigenvalue weighted by molar-refractivity contribution is 7.71. The molecule has 1 heterocycles. The Hall–Kier alpha value is -2.36. The van der Waals surface area contributed by atoms with E-state index in [1.54, 1.807) is 25.3 Å². The standard InChI is InChI=1S/C16H20N4O4S.ClH/c1-23-10-3-4-11(13(7-10)24-2)12-8-14(21)19-16(25)20(12)9-15(22)18-6-5-17;/h3-4,7-8H,5-6,9,17H2,1-2H3,(H,18,22)(H,19,21,25);1H. The van der Waals surface area contributed by atoms with E-state index in [0.29, 0.717) is 35.8 Å². The summed E-state index contributed by atoms with van der Waals surface area (Å²) in [6.45, 7) is 0.638. The van der Waals surface area contributed by atoms with Gasteiger partial charge < -0.3 is 25.1 Å². The Morgan fingerprint density at radius 1 is 1.31 bits per heavy atom. The molecule has 142 valence electrons. The van der Waals surface area contributed by atoms with Gasteiger partial charge in [0.05, 0.1) is 19.9 Å². The van der Waals surface area contributed by atoms with Gasteiger partial charge in [0.1, 0.15) is 18.0 Å². The number of aromatic amines is 1. The monoisotopic (exact) mass is 400 g/mol. The van der Waals surface area contributed by atoms with Crippen molar-refractivity contribution < 1.29 is 14.3 Å². The SMILES string of the molecule is COc1ccc(-c2cc(=O)[nH]c(=S)n2CC(=O)NCCN)c(OC)c1.Cl. The van der Waals surface area contributed by atoms with E-state index in [4.69, 9.17) is 27.4 Å². The Kier molecular flexibility index (Phi) is 8.30. The molecule has 0 bridgehead atoms. The van der Waals surface area contributed by atoms with Crippen LogP contribution in [0, 0.1) is 4.77 Å². The van der Waals surface area contributed by atoms with E-state index in [1.165, 1.54) is 17.7 Å². The number of nitrogens with one attached hydrogen (secondary N) is 2. The summed E-state index contributed by atoms with van der Waals surface area (Å²) in [5.41, 5.74) is 6.11. The van der Waals surface area contributed by atoms with Crippen molar-refractivity contribution in [2.45, 2.75) is 6.54 Å². The number of H-pyrrole nitrogens is 1. The number of hydrogen-bond acceptors (Lipinski definition) is 6. The van der Waals surface area contributed by atoms with Crippen molar-refractivity contribution in [1.29, 1.82) is 0 Å². The summed E-state index contributed by atoms with van der Waals surface area (Å²) in [6, 6.07) is 6.55. The van der Waals surface area contributed by atoms with Gasteiger partial charge in [0, 0.05) is 30.8 Å². The summed E-state index contributed by atoms with van der Waals surface area (Å²) < 4.78 is 12.2. The second-order valence-corrected chi connectivity index (χ2v) is 5.50. The quantitative estimate of drug-likeness (QED) is 0.600. The Morgan fingerprint density at radius 2 is 2.04 bits per heavy atom. The number of carbonyl (C=O) groups is 1. The fraction of sp³-hybridized carbons (Fsp3) is 0.312. The summed E-state index contributed by atoms with van der Waals surface area (Å²) in [4.78, 5) is 26.5. The van der Waals surface area contributed by atoms with Crippen LogP contribution in [-0.2, 0) is 11.3 Å². The number of aromatic nitrogens is 2. The van der Waals surface area contributed by atoms with E-state index < -0.39 is 0 Å². The number of nitrogens with zero attached hydrogens (tertiary/aromatic N) is 1. The fourth-order valence-corrected chi connectivity index (χ4v) is 2.59. The highest BCUT2D eigenvalue weighted by Gasteiger charge is 2.15. The van der Waals surface area contributed by atoms with Crippen molar-refractivity contribution in [2.75, 3.05) is 27.3 Å². The van der Waals surface area contributed by atoms with Gasteiger partial charge in [-0.1, -0.05) is 0 Å². The van der Waals surface area contributed by atoms with Crippen molar-refractivity contribution in [1.82, 2.24) is 14.9 Å². The first-order chi connectivity index (χ1) is 12.0. The second kappa shape index (κ2) is 9.95. The van der Waals surface area contributed by atoms with E-state index in [2.05, 4.69) is 10.3 Å². The predicted octanol–water partition coefficient (Wildman–Crippen LogP) is 1.09. The summed E-state index contributed by atoms with van der Waals surface area (Å²) in [7, 11) is 3.06. The lowest BCUT2D eigenvalue weighted by Gasteiger charge is -2.16. The Morgan fingerprint density at radius 3 is 2.65 bits per heavy atom. The Balaban J connectivity index is 0.00000338. The Labute approximate surface area is 161 Å². The molecule has 1 amide bonds. The highest BCUT2D eigenvalue weighted by Crippen LogP contribution is 2.32. The summed E-state index contributed by atoms with van der Waals surface area (Å²) in [5, 5.41) is 2.67. The molecule has 0 spiro atoms. The number of halogens is 1. The zero-order chi connectivity index (χ0) is 18.4. The number of hydrogen-bond donors (Lipinski definition) is 3. The van der Waals surface area contributed by atoms with Crippen LogP contribution in [-0.4, -0.2) is 42.8 Å². The van der Waals surface area contributed by atoms with Crippen LogP contribution in [0.1, 0.15) is 0 Å². The summed E-state index contributed by atoms with van der Waals surface area (Å²) >= 11 is 5.22. The number of amides is 1. The number of nitrogens with two attached hydrogens (primary N) is 1. The van der Waals surface area contributed by atoms with Gasteiger partial charge in [0.25, 0.3) is 5.56 Å². The molecule has 8 nitrogen and oxygen atoms in total. The van der Waals surface area contributed by atoms with Crippen LogP contribution in [0.5, 0.6) is 11.5 Å². The maximum Gasteiger partial charge on any atom is 0.252 e. The van der Waals surface area contributed by atoms with Gasteiger partial charge in [0.15, 0.2) is 4.77 Å². The van der Waals surface area contributed by atoms with E-state index in [1.807, 2.05) is 0 Å². The first-order valence-electron chi connectivity index (χ1n) is 7.53. The lowest BCUT2D eigenvalue weighted by molar-refractivity contribution is -0.121. The maximum absolute atomic E-state index is 12.1. The van der Waals surface area contributed by atoms with Crippen molar-refractivity contribution in [3.63, 3.8) is 0 Å². The van der Waals surface area contributed by atoms with Crippen molar-refractivity contribution >= 4 is 30.5 Å². The van der Waals surface area contributed by atoms with Gasteiger partial charge in [-0.3, -0.25) is 14.6 Å². The predicted molar refractivity (Wildman–Crippen MR) is 104 cm³/mol. The van der Waals surface area contributed by atoms with Crippen LogP contribution < -0.4 is 26.1 Å². The average molecular weight is 401 g/mol. The molecule has 0 radical (unpaired) electrons. The minimum atomic E-state index is -0.364. The molecule has 1 aromatic carbocycles. The molecule has 26 heavy (non-hydrogen) atoms. The van der Waals surface area contributed by atoms with Crippen LogP contribution in [0.25, 0.3) is 11.3 Å². The molecule has 0 atom stereocenters. The Bertz CT molecular complexity index is 881. The van der Waals surface area contributed by atoms with E-state index in [-0.39, 0.29) is 35.2 Å². The van der Waals surface area contributed by atoms with Crippen molar-refractivity contribution in [3.05, 3.63) is 39.4 Å². The molecule has 4 N–H and O–H groups in total. The third kappa shape index (κ3) is 5.07.